The number of aryl methyl sites for hydroxylation is 3. The number of carbonyl (C=O) groups is 1. The van der Waals surface area contributed by atoms with Crippen LogP contribution in [0, 0.1) is 0 Å². The molecule has 0 bridgehead atoms. The molecule has 4 aromatic carbocycles. The van der Waals surface area contributed by atoms with E-state index in [0.717, 1.165) is 35.8 Å². The predicted octanol–water partition coefficient (Wildman–Crippen LogP) is 5.32. The van der Waals surface area contributed by atoms with E-state index in [4.69, 9.17) is 0 Å². The largest absolute Gasteiger partial charge is 0.324 e. The quantitative estimate of drug-likeness (QED) is 0.441. The molecule has 0 fully saturated rings. The average Bonchev–Trinajstić information content (AvgIpc) is 3.28. The second-order valence-corrected chi connectivity index (χ2v) is 10.7. The highest BCUT2D eigenvalue weighted by atomic mass is 32.2. The van der Waals surface area contributed by atoms with Crippen LogP contribution in [0.5, 0.6) is 0 Å². The van der Waals surface area contributed by atoms with Gasteiger partial charge in [-0.3, -0.25) is 9.10 Å². The molecule has 0 unspecified atom stereocenters. The molecule has 34 heavy (non-hydrogen) atoms. The average molecular weight is 469 g/mol. The first-order valence-electron chi connectivity index (χ1n) is 11.6. The number of hydrogen-bond acceptors (Lipinski definition) is 3. The van der Waals surface area contributed by atoms with Crippen molar-refractivity contribution in [3.8, 4) is 11.1 Å². The molecule has 6 heteroatoms. The number of anilines is 2. The number of nitrogens with zero attached hydrogens (tertiary/aromatic N) is 1. The van der Waals surface area contributed by atoms with Crippen molar-refractivity contribution in [2.24, 2.45) is 0 Å². The van der Waals surface area contributed by atoms with Crippen LogP contribution in [0.15, 0.2) is 77.7 Å². The first kappa shape index (κ1) is 20.9. The Labute approximate surface area is 199 Å². The molecule has 1 amide bonds. The summed E-state index contributed by atoms with van der Waals surface area (Å²) in [6.45, 7) is 1.77. The third-order valence-corrected chi connectivity index (χ3v) is 8.74. The van der Waals surface area contributed by atoms with Crippen molar-refractivity contribution in [2.45, 2.75) is 31.1 Å². The van der Waals surface area contributed by atoms with Crippen LogP contribution in [-0.4, -0.2) is 20.9 Å². The molecule has 170 valence electrons. The molecule has 0 radical (unpaired) electrons. The molecule has 0 saturated heterocycles. The summed E-state index contributed by atoms with van der Waals surface area (Å²) in [4.78, 5) is 13.5. The summed E-state index contributed by atoms with van der Waals surface area (Å²) in [5.41, 5.74) is 6.46. The lowest BCUT2D eigenvalue weighted by Crippen LogP contribution is -2.40. The van der Waals surface area contributed by atoms with Crippen LogP contribution >= 0.6 is 0 Å². The van der Waals surface area contributed by atoms with Crippen molar-refractivity contribution in [3.63, 3.8) is 0 Å². The van der Waals surface area contributed by atoms with E-state index in [0.29, 0.717) is 16.9 Å². The zero-order valence-corrected chi connectivity index (χ0v) is 19.7. The van der Waals surface area contributed by atoms with Crippen LogP contribution in [0.3, 0.4) is 0 Å². The molecule has 6 rings (SSSR count). The van der Waals surface area contributed by atoms with Crippen LogP contribution < -0.4 is 9.62 Å². The van der Waals surface area contributed by atoms with Crippen molar-refractivity contribution < 1.29 is 13.2 Å². The summed E-state index contributed by atoms with van der Waals surface area (Å²) in [7, 11) is -3.88. The summed E-state index contributed by atoms with van der Waals surface area (Å²) >= 11 is 0. The van der Waals surface area contributed by atoms with Crippen molar-refractivity contribution in [2.75, 3.05) is 16.2 Å². The van der Waals surface area contributed by atoms with Gasteiger partial charge in [-0.1, -0.05) is 55.5 Å². The maximum atomic E-state index is 13.6. The number of carbonyl (C=O) groups excluding carboxylic acids is 1. The third-order valence-electron chi connectivity index (χ3n) is 6.92. The molecule has 1 heterocycles. The lowest BCUT2D eigenvalue weighted by Gasteiger charge is -2.32. The first-order chi connectivity index (χ1) is 16.5. The summed E-state index contributed by atoms with van der Waals surface area (Å²) < 4.78 is 28.4. The molecule has 1 aliphatic heterocycles. The zero-order valence-electron chi connectivity index (χ0n) is 18.8. The maximum absolute atomic E-state index is 13.6. The van der Waals surface area contributed by atoms with E-state index in [1.807, 2.05) is 48.5 Å². The number of benzene rings is 4. The van der Waals surface area contributed by atoms with E-state index < -0.39 is 10.0 Å². The number of rotatable bonds is 4. The van der Waals surface area contributed by atoms with Crippen LogP contribution in [0.4, 0.5) is 11.4 Å². The molecule has 0 atom stereocenters. The monoisotopic (exact) mass is 468 g/mol. The van der Waals surface area contributed by atoms with E-state index in [1.165, 1.54) is 20.8 Å². The van der Waals surface area contributed by atoms with Gasteiger partial charge >= 0.3 is 0 Å². The molecule has 0 spiro atoms. The lowest BCUT2D eigenvalue weighted by atomic mass is 9.99. The number of hydrogen-bond donors (Lipinski definition) is 1. The smallest absolute Gasteiger partial charge is 0.265 e. The molecule has 1 N–H and O–H groups in total. The van der Waals surface area contributed by atoms with E-state index >= 15 is 0 Å². The van der Waals surface area contributed by atoms with Crippen LogP contribution in [-0.2, 0) is 34.1 Å². The standard InChI is InChI=1S/C28H24N2O3S/c1-2-18-10-15-25-23(16-18)21-7-3-4-9-26(21)34(32,33)30(25)17-27(31)29-24-14-13-20-12-11-19-6-5-8-22(24)28(19)20/h3-10,13-16H,2,11-12,17H2,1H3,(H,29,31). The molecular formula is C28H24N2O3S. The van der Waals surface area contributed by atoms with Gasteiger partial charge < -0.3 is 5.32 Å². The lowest BCUT2D eigenvalue weighted by molar-refractivity contribution is -0.114. The first-order valence-corrected chi connectivity index (χ1v) is 13.0. The Balaban J connectivity index is 1.38. The Hall–Kier alpha value is -3.64. The Morgan fingerprint density at radius 2 is 1.71 bits per heavy atom. The van der Waals surface area contributed by atoms with Gasteiger partial charge in [-0.05, 0) is 65.6 Å². The minimum absolute atomic E-state index is 0.230. The second-order valence-electron chi connectivity index (χ2n) is 8.87. The van der Waals surface area contributed by atoms with Crippen molar-refractivity contribution in [1.29, 1.82) is 0 Å². The summed E-state index contributed by atoms with van der Waals surface area (Å²) in [5.74, 6) is -0.368. The zero-order chi connectivity index (χ0) is 23.4. The highest BCUT2D eigenvalue weighted by Gasteiger charge is 2.36. The molecule has 0 saturated carbocycles. The van der Waals surface area contributed by atoms with Crippen LogP contribution in [0.25, 0.3) is 21.9 Å². The van der Waals surface area contributed by atoms with Gasteiger partial charge in [-0.15, -0.1) is 0 Å². The minimum Gasteiger partial charge on any atom is -0.324 e. The van der Waals surface area contributed by atoms with Gasteiger partial charge in [0.05, 0.1) is 10.6 Å². The predicted molar refractivity (Wildman–Crippen MR) is 136 cm³/mol. The van der Waals surface area contributed by atoms with Gasteiger partial charge in [0, 0.05) is 22.2 Å². The molecule has 0 aromatic heterocycles. The summed E-state index contributed by atoms with van der Waals surface area (Å²) in [6, 6.07) is 22.9. The van der Waals surface area contributed by atoms with E-state index in [1.54, 1.807) is 12.1 Å². The molecular weight excluding hydrogens is 444 g/mol. The number of fused-ring (bicyclic) bond motifs is 3. The van der Waals surface area contributed by atoms with Gasteiger partial charge in [0.2, 0.25) is 5.91 Å². The molecule has 4 aromatic rings. The number of nitrogens with one attached hydrogen (secondary N) is 1. The van der Waals surface area contributed by atoms with E-state index in [9.17, 15) is 13.2 Å². The fourth-order valence-electron chi connectivity index (χ4n) is 5.24. The maximum Gasteiger partial charge on any atom is 0.265 e. The molecule has 2 aliphatic rings. The Bertz CT molecular complexity index is 1580. The summed E-state index contributed by atoms with van der Waals surface area (Å²) in [5, 5.41) is 5.19. The fraction of sp³-hybridized carbons (Fsp3) is 0.179. The number of sulfonamides is 1. The van der Waals surface area contributed by atoms with E-state index in [2.05, 4.69) is 24.4 Å². The highest BCUT2D eigenvalue weighted by Crippen LogP contribution is 2.43. The third kappa shape index (κ3) is 3.13. The second kappa shape index (κ2) is 7.71. The Morgan fingerprint density at radius 3 is 2.53 bits per heavy atom. The van der Waals surface area contributed by atoms with Crippen LogP contribution in [0.2, 0.25) is 0 Å². The van der Waals surface area contributed by atoms with Gasteiger partial charge in [0.15, 0.2) is 0 Å². The molecule has 1 aliphatic carbocycles. The number of amides is 1. The van der Waals surface area contributed by atoms with Crippen molar-refractivity contribution >= 4 is 38.1 Å². The normalized spacial score (nSPS) is 15.1. The SMILES string of the molecule is CCc1ccc2c(c1)-c1ccccc1S(=O)(=O)N2CC(=O)Nc1ccc2c3c(cccc13)CC2. The van der Waals surface area contributed by atoms with Gasteiger partial charge in [-0.2, -0.15) is 0 Å². The van der Waals surface area contributed by atoms with Crippen molar-refractivity contribution in [1.82, 2.24) is 0 Å². The van der Waals surface area contributed by atoms with E-state index in [-0.39, 0.29) is 17.3 Å². The summed E-state index contributed by atoms with van der Waals surface area (Å²) in [6.07, 6.45) is 2.85. The van der Waals surface area contributed by atoms with Crippen molar-refractivity contribution in [3.05, 3.63) is 89.5 Å². The Kier molecular flexibility index (Phi) is 4.74. The van der Waals surface area contributed by atoms with Gasteiger partial charge in [-0.25, -0.2) is 8.42 Å². The van der Waals surface area contributed by atoms with Gasteiger partial charge in [0.1, 0.15) is 6.54 Å². The van der Waals surface area contributed by atoms with Crippen LogP contribution in [0.1, 0.15) is 23.6 Å². The van der Waals surface area contributed by atoms with Gasteiger partial charge in [0.25, 0.3) is 10.0 Å². The Morgan fingerprint density at radius 1 is 0.912 bits per heavy atom. The fourth-order valence-corrected chi connectivity index (χ4v) is 6.89. The highest BCUT2D eigenvalue weighted by molar-refractivity contribution is 7.93. The molecule has 5 nitrogen and oxygen atoms in total. The minimum atomic E-state index is -3.88. The topological polar surface area (TPSA) is 66.5 Å².